The minimum absolute atomic E-state index is 0.0599. The third-order valence-corrected chi connectivity index (χ3v) is 3.29. The van der Waals surface area contributed by atoms with Gasteiger partial charge in [0, 0.05) is 25.7 Å². The normalized spacial score (nSPS) is 25.4. The highest BCUT2D eigenvalue weighted by molar-refractivity contribution is 5.78. The molecular weight excluding hydrogens is 230 g/mol. The summed E-state index contributed by atoms with van der Waals surface area (Å²) in [5.74, 6) is 0.717. The van der Waals surface area contributed by atoms with Crippen molar-refractivity contribution in [1.29, 1.82) is 0 Å². The van der Waals surface area contributed by atoms with Crippen LogP contribution in [0.2, 0.25) is 0 Å². The molecule has 1 fully saturated rings. The van der Waals surface area contributed by atoms with Gasteiger partial charge >= 0.3 is 0 Å². The molecule has 0 bridgehead atoms. The van der Waals surface area contributed by atoms with E-state index >= 15 is 0 Å². The predicted octanol–water partition coefficient (Wildman–Crippen LogP) is 0.197. The zero-order valence-corrected chi connectivity index (χ0v) is 11.8. The van der Waals surface area contributed by atoms with Gasteiger partial charge in [0.15, 0.2) is 0 Å². The lowest BCUT2D eigenvalue weighted by molar-refractivity contribution is -0.126. The quantitative estimate of drug-likeness (QED) is 0.713. The van der Waals surface area contributed by atoms with Gasteiger partial charge in [-0.25, -0.2) is 0 Å². The van der Waals surface area contributed by atoms with E-state index in [1.807, 2.05) is 0 Å². The van der Waals surface area contributed by atoms with Crippen molar-refractivity contribution in [2.24, 2.45) is 11.7 Å². The molecule has 2 unspecified atom stereocenters. The Balaban J connectivity index is 2.28. The molecule has 3 N–H and O–H groups in total. The van der Waals surface area contributed by atoms with E-state index in [2.05, 4.69) is 31.0 Å². The Morgan fingerprint density at radius 1 is 1.56 bits per heavy atom. The summed E-state index contributed by atoms with van der Waals surface area (Å²) in [4.78, 5) is 14.0. The lowest BCUT2D eigenvalue weighted by atomic mass is 10.1. The van der Waals surface area contributed by atoms with Crippen LogP contribution in [0.15, 0.2) is 0 Å². The van der Waals surface area contributed by atoms with Gasteiger partial charge in [-0.05, 0) is 19.3 Å². The maximum Gasteiger partial charge on any atom is 0.234 e. The van der Waals surface area contributed by atoms with Crippen LogP contribution < -0.4 is 11.1 Å². The standard InChI is InChI=1S/C13H27N3O2/c1-10(2)4-5-15-13(17)8-16-7-12(6-14)18-9-11(16)3/h10-12H,4-9,14H2,1-3H3,(H,15,17). The number of hydrogen-bond donors (Lipinski definition) is 2. The first kappa shape index (κ1) is 15.4. The van der Waals surface area contributed by atoms with E-state index in [1.54, 1.807) is 0 Å². The van der Waals surface area contributed by atoms with Crippen molar-refractivity contribution >= 4 is 5.91 Å². The molecule has 0 aromatic carbocycles. The molecule has 0 aromatic heterocycles. The first-order chi connectivity index (χ1) is 8.52. The summed E-state index contributed by atoms with van der Waals surface area (Å²) in [5.41, 5.74) is 5.60. The number of carbonyl (C=O) groups is 1. The second-order valence-corrected chi connectivity index (χ2v) is 5.50. The molecule has 0 saturated carbocycles. The molecule has 0 spiro atoms. The van der Waals surface area contributed by atoms with Crippen LogP contribution in [0.4, 0.5) is 0 Å². The molecule has 1 rings (SSSR count). The van der Waals surface area contributed by atoms with E-state index < -0.39 is 0 Å². The molecule has 1 heterocycles. The first-order valence-corrected chi connectivity index (χ1v) is 6.85. The van der Waals surface area contributed by atoms with E-state index in [0.29, 0.717) is 25.6 Å². The number of rotatable bonds is 6. The third kappa shape index (κ3) is 5.33. The predicted molar refractivity (Wildman–Crippen MR) is 72.3 cm³/mol. The van der Waals surface area contributed by atoms with E-state index in [9.17, 15) is 4.79 Å². The number of morpholine rings is 1. The summed E-state index contributed by atoms with van der Waals surface area (Å²) < 4.78 is 5.57. The third-order valence-electron chi connectivity index (χ3n) is 3.29. The van der Waals surface area contributed by atoms with Crippen LogP contribution in [0.3, 0.4) is 0 Å². The van der Waals surface area contributed by atoms with Gasteiger partial charge in [0.25, 0.3) is 0 Å². The van der Waals surface area contributed by atoms with Gasteiger partial charge in [0.1, 0.15) is 0 Å². The number of amides is 1. The Morgan fingerprint density at radius 2 is 2.28 bits per heavy atom. The molecule has 0 radical (unpaired) electrons. The summed E-state index contributed by atoms with van der Waals surface area (Å²) in [5, 5.41) is 2.96. The minimum Gasteiger partial charge on any atom is -0.374 e. The molecule has 2 atom stereocenters. The number of nitrogens with zero attached hydrogens (tertiary/aromatic N) is 1. The molecule has 5 nitrogen and oxygen atoms in total. The fraction of sp³-hybridized carbons (Fsp3) is 0.923. The van der Waals surface area contributed by atoms with Crippen LogP contribution in [0.25, 0.3) is 0 Å². The Hall–Kier alpha value is -0.650. The summed E-state index contributed by atoms with van der Waals surface area (Å²) in [7, 11) is 0. The molecule has 1 aliphatic rings. The number of ether oxygens (including phenoxy) is 1. The number of hydrogen-bond acceptors (Lipinski definition) is 4. The fourth-order valence-corrected chi connectivity index (χ4v) is 1.98. The van der Waals surface area contributed by atoms with Gasteiger partial charge in [0.2, 0.25) is 5.91 Å². The Morgan fingerprint density at radius 3 is 2.89 bits per heavy atom. The van der Waals surface area contributed by atoms with Gasteiger partial charge in [-0.15, -0.1) is 0 Å². The van der Waals surface area contributed by atoms with E-state index in [-0.39, 0.29) is 18.1 Å². The minimum atomic E-state index is 0.0599. The Labute approximate surface area is 110 Å². The van der Waals surface area contributed by atoms with Crippen molar-refractivity contribution in [3.8, 4) is 0 Å². The largest absolute Gasteiger partial charge is 0.374 e. The van der Waals surface area contributed by atoms with E-state index in [1.165, 1.54) is 0 Å². The van der Waals surface area contributed by atoms with Gasteiger partial charge in [-0.1, -0.05) is 13.8 Å². The fourth-order valence-electron chi connectivity index (χ4n) is 1.98. The van der Waals surface area contributed by atoms with Crippen molar-refractivity contribution in [2.45, 2.75) is 39.3 Å². The Kier molecular flexibility index (Phi) is 6.60. The smallest absolute Gasteiger partial charge is 0.234 e. The molecule has 1 amide bonds. The second kappa shape index (κ2) is 7.71. The monoisotopic (exact) mass is 257 g/mol. The maximum atomic E-state index is 11.8. The van der Waals surface area contributed by atoms with Crippen LogP contribution in [-0.4, -0.2) is 55.7 Å². The lowest BCUT2D eigenvalue weighted by Crippen LogP contribution is -2.53. The molecule has 0 aliphatic carbocycles. The van der Waals surface area contributed by atoms with Gasteiger partial charge in [-0.3, -0.25) is 9.69 Å². The maximum absolute atomic E-state index is 11.8. The zero-order chi connectivity index (χ0) is 13.5. The molecule has 18 heavy (non-hydrogen) atoms. The number of nitrogens with one attached hydrogen (secondary N) is 1. The van der Waals surface area contributed by atoms with Crippen molar-refractivity contribution in [3.63, 3.8) is 0 Å². The average molecular weight is 257 g/mol. The van der Waals surface area contributed by atoms with Crippen LogP contribution in [0.1, 0.15) is 27.2 Å². The van der Waals surface area contributed by atoms with Crippen molar-refractivity contribution in [1.82, 2.24) is 10.2 Å². The molecule has 5 heteroatoms. The number of carbonyl (C=O) groups excluding carboxylic acids is 1. The lowest BCUT2D eigenvalue weighted by Gasteiger charge is -2.37. The van der Waals surface area contributed by atoms with Crippen molar-refractivity contribution in [2.75, 3.05) is 32.8 Å². The molecular formula is C13H27N3O2. The van der Waals surface area contributed by atoms with E-state index in [0.717, 1.165) is 19.5 Å². The highest BCUT2D eigenvalue weighted by atomic mass is 16.5. The van der Waals surface area contributed by atoms with Gasteiger partial charge in [0.05, 0.1) is 19.3 Å². The van der Waals surface area contributed by atoms with Crippen molar-refractivity contribution < 1.29 is 9.53 Å². The van der Waals surface area contributed by atoms with Crippen LogP contribution in [0.5, 0.6) is 0 Å². The van der Waals surface area contributed by atoms with Crippen molar-refractivity contribution in [3.05, 3.63) is 0 Å². The summed E-state index contributed by atoms with van der Waals surface area (Å²) >= 11 is 0. The second-order valence-electron chi connectivity index (χ2n) is 5.50. The van der Waals surface area contributed by atoms with E-state index in [4.69, 9.17) is 10.5 Å². The topological polar surface area (TPSA) is 67.6 Å². The van der Waals surface area contributed by atoms with Gasteiger partial charge in [-0.2, -0.15) is 0 Å². The van der Waals surface area contributed by atoms with Crippen LogP contribution >= 0.6 is 0 Å². The SMILES string of the molecule is CC(C)CCNC(=O)CN1CC(CN)OCC1C. The van der Waals surface area contributed by atoms with Crippen LogP contribution in [-0.2, 0) is 9.53 Å². The number of nitrogens with two attached hydrogens (primary N) is 1. The summed E-state index contributed by atoms with van der Waals surface area (Å²) in [6.07, 6.45) is 1.08. The highest BCUT2D eigenvalue weighted by Crippen LogP contribution is 2.10. The molecule has 0 aromatic rings. The average Bonchev–Trinajstić information content (AvgIpc) is 2.31. The van der Waals surface area contributed by atoms with Gasteiger partial charge < -0.3 is 15.8 Å². The zero-order valence-electron chi connectivity index (χ0n) is 11.8. The summed E-state index contributed by atoms with van der Waals surface area (Å²) in [6.45, 7) is 9.50. The Bertz CT molecular complexity index is 259. The molecule has 1 saturated heterocycles. The molecule has 1 aliphatic heterocycles. The first-order valence-electron chi connectivity index (χ1n) is 6.85. The summed E-state index contributed by atoms with van der Waals surface area (Å²) in [6, 6.07) is 0.281. The van der Waals surface area contributed by atoms with Crippen LogP contribution in [0, 0.1) is 5.92 Å². The highest BCUT2D eigenvalue weighted by Gasteiger charge is 2.26. The molecule has 106 valence electrons.